The third-order valence-electron chi connectivity index (χ3n) is 7.64. The number of hydrogen-bond donors (Lipinski definition) is 2. The smallest absolute Gasteiger partial charge is 0.254 e. The minimum atomic E-state index is -1.96. The highest BCUT2D eigenvalue weighted by Crippen LogP contribution is 2.33. The Morgan fingerprint density at radius 3 is 2.83 bits per heavy atom. The van der Waals surface area contributed by atoms with Crippen molar-refractivity contribution in [1.82, 2.24) is 19.3 Å². The number of imidazole rings is 1. The molecule has 1 saturated heterocycles. The molecule has 0 radical (unpaired) electrons. The number of alkyl halides is 1. The lowest BCUT2D eigenvalue weighted by atomic mass is 9.96. The van der Waals surface area contributed by atoms with Gasteiger partial charge in [0.2, 0.25) is 0 Å². The number of unbranched alkanes of at least 4 members (excludes halogenated alkanes) is 1. The lowest BCUT2D eigenvalue weighted by Gasteiger charge is -2.31. The molecule has 0 bridgehead atoms. The molecule has 3 N–H and O–H groups in total. The standard InChI is InChI=1S/C30H33F2N7O2/c1-19-16-21(4-5-22(19)30(40)38-12-8-20(17-34)9-13-38)37-28-29-36-18-24(39(29)14-11-35-28)23-6-7-25(27(32)26(23)31)41-15-3-2-10-33/h4-7,11,14,16,18,20,25,27H,2-3,8-9,12-13,15,17,34H2,1H3,(H,35,37). The first-order valence-corrected chi connectivity index (χ1v) is 13.8. The summed E-state index contributed by atoms with van der Waals surface area (Å²) in [4.78, 5) is 23.8. The molecule has 41 heavy (non-hydrogen) atoms. The molecule has 2 aromatic heterocycles. The zero-order valence-electron chi connectivity index (χ0n) is 22.9. The fraction of sp³-hybridized carbons (Fsp3) is 0.400. The second-order valence-electron chi connectivity index (χ2n) is 10.4. The summed E-state index contributed by atoms with van der Waals surface area (Å²) >= 11 is 0. The highest BCUT2D eigenvalue weighted by Gasteiger charge is 2.31. The van der Waals surface area contributed by atoms with Crippen LogP contribution in [0.25, 0.3) is 11.2 Å². The van der Waals surface area contributed by atoms with Crippen molar-refractivity contribution in [3.63, 3.8) is 0 Å². The molecule has 0 saturated carbocycles. The van der Waals surface area contributed by atoms with E-state index in [0.717, 1.165) is 18.4 Å². The van der Waals surface area contributed by atoms with E-state index in [0.29, 0.717) is 66.8 Å². The third-order valence-corrected chi connectivity index (χ3v) is 7.64. The van der Waals surface area contributed by atoms with E-state index in [4.69, 9.17) is 15.7 Å². The Labute approximate surface area is 237 Å². The predicted molar refractivity (Wildman–Crippen MR) is 152 cm³/mol. The van der Waals surface area contributed by atoms with E-state index in [1.165, 1.54) is 18.3 Å². The van der Waals surface area contributed by atoms with Gasteiger partial charge in [-0.05, 0) is 62.4 Å². The number of nitrogens with zero attached hydrogens (tertiary/aromatic N) is 5. The number of aromatic nitrogens is 3. The largest absolute Gasteiger partial charge is 0.371 e. The molecular weight excluding hydrogens is 528 g/mol. The number of piperidine rings is 1. The molecular formula is C30H33F2N7O2. The molecule has 9 nitrogen and oxygen atoms in total. The fourth-order valence-electron chi connectivity index (χ4n) is 5.25. The Balaban J connectivity index is 1.32. The molecule has 1 aliphatic carbocycles. The minimum Gasteiger partial charge on any atom is -0.371 e. The summed E-state index contributed by atoms with van der Waals surface area (Å²) < 4.78 is 37.1. The zero-order valence-corrected chi connectivity index (χ0v) is 22.9. The number of nitrogens with two attached hydrogens (primary N) is 1. The van der Waals surface area contributed by atoms with Crippen molar-refractivity contribution < 1.29 is 18.3 Å². The Bertz CT molecular complexity index is 1520. The summed E-state index contributed by atoms with van der Waals surface area (Å²) in [6.45, 7) is 4.13. The number of amides is 1. The lowest BCUT2D eigenvalue weighted by Crippen LogP contribution is -2.40. The van der Waals surface area contributed by atoms with E-state index in [2.05, 4.69) is 15.3 Å². The average Bonchev–Trinajstić information content (AvgIpc) is 3.42. The number of hydrogen-bond acceptors (Lipinski definition) is 7. The number of nitrogens with one attached hydrogen (secondary N) is 1. The summed E-state index contributed by atoms with van der Waals surface area (Å²) in [6, 6.07) is 7.50. The van der Waals surface area contributed by atoms with Gasteiger partial charge in [-0.3, -0.25) is 9.20 Å². The van der Waals surface area contributed by atoms with Crippen LogP contribution in [-0.4, -0.2) is 63.7 Å². The molecule has 2 aliphatic rings. The predicted octanol–water partition coefficient (Wildman–Crippen LogP) is 4.87. The van der Waals surface area contributed by atoms with Gasteiger partial charge >= 0.3 is 0 Å². The number of carbonyl (C=O) groups excluding carboxylic acids is 1. The number of rotatable bonds is 9. The number of anilines is 2. The van der Waals surface area contributed by atoms with Gasteiger partial charge in [0, 0.05) is 55.3 Å². The monoisotopic (exact) mass is 561 g/mol. The number of aryl methyl sites for hydroxylation is 1. The number of fused-ring (bicyclic) bond motifs is 1. The molecule has 1 fully saturated rings. The van der Waals surface area contributed by atoms with Crippen LogP contribution in [0.3, 0.4) is 0 Å². The topological polar surface area (TPSA) is 122 Å². The van der Waals surface area contributed by atoms with Gasteiger partial charge in [-0.15, -0.1) is 0 Å². The van der Waals surface area contributed by atoms with Gasteiger partial charge in [0.05, 0.1) is 18.0 Å². The van der Waals surface area contributed by atoms with Crippen molar-refractivity contribution in [3.05, 3.63) is 71.6 Å². The fourth-order valence-corrected chi connectivity index (χ4v) is 5.25. The Kier molecular flexibility index (Phi) is 8.71. The maximum Gasteiger partial charge on any atom is 0.254 e. The highest BCUT2D eigenvalue weighted by atomic mass is 19.2. The summed E-state index contributed by atoms with van der Waals surface area (Å²) in [5, 5.41) is 11.9. The number of benzene rings is 1. The number of nitriles is 1. The molecule has 1 amide bonds. The van der Waals surface area contributed by atoms with Gasteiger partial charge in [0.1, 0.15) is 11.9 Å². The first kappa shape index (κ1) is 28.4. The molecule has 214 valence electrons. The van der Waals surface area contributed by atoms with Crippen LogP contribution >= 0.6 is 0 Å². The van der Waals surface area contributed by atoms with Crippen molar-refractivity contribution in [2.24, 2.45) is 11.7 Å². The molecule has 3 heterocycles. The zero-order chi connectivity index (χ0) is 28.9. The third kappa shape index (κ3) is 5.99. The van der Waals surface area contributed by atoms with Crippen LogP contribution in [0.15, 0.2) is 54.8 Å². The Morgan fingerprint density at radius 2 is 2.10 bits per heavy atom. The van der Waals surface area contributed by atoms with Gasteiger partial charge < -0.3 is 20.7 Å². The van der Waals surface area contributed by atoms with E-state index in [-0.39, 0.29) is 18.1 Å². The lowest BCUT2D eigenvalue weighted by molar-refractivity contribution is 0.0322. The number of allylic oxidation sites excluding steroid dienone is 2. The molecule has 1 aromatic carbocycles. The van der Waals surface area contributed by atoms with Crippen molar-refractivity contribution in [2.75, 3.05) is 31.6 Å². The first-order valence-electron chi connectivity index (χ1n) is 13.8. The Hall–Kier alpha value is -4.14. The van der Waals surface area contributed by atoms with Crippen molar-refractivity contribution >= 4 is 28.6 Å². The SMILES string of the molecule is Cc1cc(Nc2nccn3c(C4=C(F)C(F)C(OCCCC#N)C=C4)cnc23)ccc1C(=O)N1CCC(CN)CC1. The van der Waals surface area contributed by atoms with Gasteiger partial charge in [0.15, 0.2) is 17.6 Å². The molecule has 2 atom stereocenters. The molecule has 3 aromatic rings. The minimum absolute atomic E-state index is 0.0134. The van der Waals surface area contributed by atoms with Gasteiger partial charge in [0.25, 0.3) is 5.91 Å². The van der Waals surface area contributed by atoms with Crippen molar-refractivity contribution in [1.29, 1.82) is 5.26 Å². The maximum atomic E-state index is 15.1. The van der Waals surface area contributed by atoms with Gasteiger partial charge in [-0.2, -0.15) is 5.26 Å². The normalized spacial score (nSPS) is 19.5. The second-order valence-corrected chi connectivity index (χ2v) is 10.4. The number of halogens is 2. The van der Waals surface area contributed by atoms with Gasteiger partial charge in [-0.1, -0.05) is 12.2 Å². The van der Waals surface area contributed by atoms with Crippen molar-refractivity contribution in [2.45, 2.75) is 44.9 Å². The summed E-state index contributed by atoms with van der Waals surface area (Å²) in [5.41, 5.74) is 8.86. The molecule has 5 rings (SSSR count). The number of carbonyl (C=O) groups is 1. The van der Waals surface area contributed by atoms with Crippen LogP contribution in [0, 0.1) is 24.2 Å². The summed E-state index contributed by atoms with van der Waals surface area (Å²) in [7, 11) is 0. The molecule has 1 aliphatic heterocycles. The first-order chi connectivity index (χ1) is 19.9. The van der Waals surface area contributed by atoms with Crippen LogP contribution in [0.5, 0.6) is 0 Å². The van der Waals surface area contributed by atoms with E-state index in [1.807, 2.05) is 30.0 Å². The van der Waals surface area contributed by atoms with Crippen molar-refractivity contribution in [3.8, 4) is 6.07 Å². The summed E-state index contributed by atoms with van der Waals surface area (Å²) in [5.74, 6) is -0.0203. The molecule has 2 unspecified atom stereocenters. The van der Waals surface area contributed by atoms with Crippen LogP contribution < -0.4 is 11.1 Å². The Morgan fingerprint density at radius 1 is 1.29 bits per heavy atom. The molecule has 0 spiro atoms. The van der Waals surface area contributed by atoms with Crippen LogP contribution in [0.1, 0.15) is 47.3 Å². The van der Waals surface area contributed by atoms with Crippen LogP contribution in [0.2, 0.25) is 0 Å². The number of likely N-dealkylation sites (tertiary alicyclic amines) is 1. The maximum absolute atomic E-state index is 15.1. The van der Waals surface area contributed by atoms with E-state index >= 15 is 4.39 Å². The van der Waals surface area contributed by atoms with Crippen LogP contribution in [0.4, 0.5) is 20.3 Å². The highest BCUT2D eigenvalue weighted by molar-refractivity contribution is 5.96. The quantitative estimate of drug-likeness (QED) is 0.358. The average molecular weight is 562 g/mol. The number of ether oxygens (including phenoxy) is 1. The van der Waals surface area contributed by atoms with E-state index in [1.54, 1.807) is 22.9 Å². The van der Waals surface area contributed by atoms with E-state index in [9.17, 15) is 9.18 Å². The van der Waals surface area contributed by atoms with E-state index < -0.39 is 18.1 Å². The molecule has 11 heteroatoms. The summed E-state index contributed by atoms with van der Waals surface area (Å²) in [6.07, 6.45) is 7.22. The van der Waals surface area contributed by atoms with Gasteiger partial charge in [-0.25, -0.2) is 18.7 Å². The van der Waals surface area contributed by atoms with Crippen LogP contribution in [-0.2, 0) is 4.74 Å². The second kappa shape index (κ2) is 12.6.